The van der Waals surface area contributed by atoms with Gasteiger partial charge in [-0.25, -0.2) is 9.97 Å². The number of ether oxygens (including phenoxy) is 1. The maximum atomic E-state index is 12.8. The number of carbonyl (C=O) groups is 1. The highest BCUT2D eigenvalue weighted by atomic mass is 32.1. The van der Waals surface area contributed by atoms with Crippen molar-refractivity contribution in [2.24, 2.45) is 4.99 Å². The number of nitrogens with one attached hydrogen (secondary N) is 2. The third-order valence-corrected chi connectivity index (χ3v) is 4.86. The first-order valence-electron chi connectivity index (χ1n) is 8.55. The highest BCUT2D eigenvalue weighted by molar-refractivity contribution is 7.10. The summed E-state index contributed by atoms with van der Waals surface area (Å²) in [5.41, 5.74) is 0.165. The Labute approximate surface area is 168 Å². The van der Waals surface area contributed by atoms with E-state index in [1.807, 2.05) is 5.38 Å². The van der Waals surface area contributed by atoms with Gasteiger partial charge in [-0.1, -0.05) is 6.07 Å². The third kappa shape index (κ3) is 5.31. The second-order valence-electron chi connectivity index (χ2n) is 6.51. The molecule has 2 N–H and O–H groups in total. The van der Waals surface area contributed by atoms with Gasteiger partial charge < -0.3 is 15.4 Å². The monoisotopic (exact) mass is 425 g/mol. The molecule has 2 aromatic rings. The molecule has 1 amide bonds. The van der Waals surface area contributed by atoms with E-state index in [4.69, 9.17) is 0 Å². The Hall–Kier alpha value is -2.95. The van der Waals surface area contributed by atoms with E-state index in [0.29, 0.717) is 16.3 Å². The molecule has 0 fully saturated rings. The number of thiazole rings is 1. The van der Waals surface area contributed by atoms with Crippen LogP contribution in [0.4, 0.5) is 13.2 Å². The molecule has 0 spiro atoms. The number of halogens is 3. The first-order valence-corrected chi connectivity index (χ1v) is 9.43. The number of alkyl halides is 3. The molecule has 3 rings (SSSR count). The Morgan fingerprint density at radius 2 is 2.17 bits per heavy atom. The number of aromatic nitrogens is 2. The number of nitrogens with zero attached hydrogens (tertiary/aromatic N) is 3. The largest absolute Gasteiger partial charge is 0.468 e. The summed E-state index contributed by atoms with van der Waals surface area (Å²) < 4.78 is 41.2. The number of hydrogen-bond acceptors (Lipinski definition) is 7. The standard InChI is InChI=1S/C18H18F3N5O2S/c1-11(12-3-4-14(24-7-12)28-10-18(19,20)21)25-16(27)17(2)9-22-8-13(26-17)15-23-5-6-29-15/h3-9,11,26H,10H2,1-2H3,(H,25,27). The zero-order valence-corrected chi connectivity index (χ0v) is 16.3. The van der Waals surface area contributed by atoms with Crippen molar-refractivity contribution >= 4 is 29.2 Å². The average molecular weight is 425 g/mol. The van der Waals surface area contributed by atoms with E-state index < -0.39 is 24.4 Å². The molecule has 0 radical (unpaired) electrons. The van der Waals surface area contributed by atoms with Gasteiger partial charge in [0.2, 0.25) is 5.88 Å². The Balaban J connectivity index is 1.61. The van der Waals surface area contributed by atoms with Gasteiger partial charge >= 0.3 is 6.18 Å². The lowest BCUT2D eigenvalue weighted by Gasteiger charge is -2.30. The fourth-order valence-corrected chi connectivity index (χ4v) is 3.11. The molecule has 154 valence electrons. The second kappa shape index (κ2) is 8.19. The van der Waals surface area contributed by atoms with Crippen LogP contribution in [0.15, 0.2) is 41.1 Å². The van der Waals surface area contributed by atoms with Gasteiger partial charge in [-0.05, 0) is 19.4 Å². The predicted molar refractivity (Wildman–Crippen MR) is 102 cm³/mol. The lowest BCUT2D eigenvalue weighted by Crippen LogP contribution is -2.56. The molecule has 0 bridgehead atoms. The Morgan fingerprint density at radius 3 is 2.79 bits per heavy atom. The third-order valence-electron chi connectivity index (χ3n) is 4.06. The number of amides is 1. The Bertz CT molecular complexity index is 913. The molecular weight excluding hydrogens is 407 g/mol. The van der Waals surface area contributed by atoms with Crippen LogP contribution in [-0.4, -0.2) is 40.4 Å². The van der Waals surface area contributed by atoms with Crippen molar-refractivity contribution in [3.63, 3.8) is 0 Å². The van der Waals surface area contributed by atoms with Gasteiger partial charge in [-0.2, -0.15) is 13.2 Å². The maximum Gasteiger partial charge on any atom is 0.422 e. The fraction of sp³-hybridized carbons (Fsp3) is 0.333. The minimum absolute atomic E-state index is 0.143. The molecule has 7 nitrogen and oxygen atoms in total. The van der Waals surface area contributed by atoms with Gasteiger partial charge in [0, 0.05) is 30.1 Å². The van der Waals surface area contributed by atoms with Crippen LogP contribution in [-0.2, 0) is 4.79 Å². The molecule has 0 aromatic carbocycles. The fourth-order valence-electron chi connectivity index (χ4n) is 2.50. The molecule has 2 unspecified atom stereocenters. The molecule has 29 heavy (non-hydrogen) atoms. The molecule has 1 aliphatic heterocycles. The van der Waals surface area contributed by atoms with Crippen molar-refractivity contribution < 1.29 is 22.7 Å². The van der Waals surface area contributed by atoms with Crippen LogP contribution in [0.2, 0.25) is 0 Å². The summed E-state index contributed by atoms with van der Waals surface area (Å²) in [5.74, 6) is -0.468. The molecule has 0 saturated heterocycles. The quantitative estimate of drug-likeness (QED) is 0.743. The zero-order chi connectivity index (χ0) is 21.1. The van der Waals surface area contributed by atoms with Crippen molar-refractivity contribution in [3.05, 3.63) is 46.7 Å². The van der Waals surface area contributed by atoms with Crippen molar-refractivity contribution in [2.75, 3.05) is 6.61 Å². The van der Waals surface area contributed by atoms with Crippen LogP contribution in [0.5, 0.6) is 5.88 Å². The lowest BCUT2D eigenvalue weighted by atomic mass is 10.00. The average Bonchev–Trinajstić information content (AvgIpc) is 3.21. The molecule has 0 saturated carbocycles. The number of hydrogen-bond donors (Lipinski definition) is 2. The normalized spacial score (nSPS) is 19.8. The van der Waals surface area contributed by atoms with Crippen LogP contribution in [0.25, 0.3) is 5.70 Å². The van der Waals surface area contributed by atoms with Crippen LogP contribution in [0.3, 0.4) is 0 Å². The number of carbonyl (C=O) groups excluding carboxylic acids is 1. The van der Waals surface area contributed by atoms with E-state index in [1.54, 1.807) is 32.3 Å². The summed E-state index contributed by atoms with van der Waals surface area (Å²) in [7, 11) is 0. The number of aliphatic imine (C=N–C) groups is 1. The first kappa shape index (κ1) is 20.8. The van der Waals surface area contributed by atoms with Gasteiger partial charge in [-0.3, -0.25) is 9.79 Å². The van der Waals surface area contributed by atoms with Gasteiger partial charge in [0.1, 0.15) is 10.5 Å². The van der Waals surface area contributed by atoms with Crippen molar-refractivity contribution in [1.82, 2.24) is 20.6 Å². The highest BCUT2D eigenvalue weighted by Crippen LogP contribution is 2.22. The number of rotatable bonds is 6. The minimum atomic E-state index is -4.43. The zero-order valence-electron chi connectivity index (χ0n) is 15.5. The molecule has 11 heteroatoms. The molecule has 1 aliphatic rings. The predicted octanol–water partition coefficient (Wildman–Crippen LogP) is 3.09. The van der Waals surface area contributed by atoms with Crippen molar-refractivity contribution in [1.29, 1.82) is 0 Å². The highest BCUT2D eigenvalue weighted by Gasteiger charge is 2.35. The van der Waals surface area contributed by atoms with E-state index in [9.17, 15) is 18.0 Å². The summed E-state index contributed by atoms with van der Waals surface area (Å²) in [4.78, 5) is 25.0. The minimum Gasteiger partial charge on any atom is -0.468 e. The Kier molecular flexibility index (Phi) is 5.87. The molecule has 3 heterocycles. The summed E-state index contributed by atoms with van der Waals surface area (Å²) in [6.45, 7) is 2.02. The lowest BCUT2D eigenvalue weighted by molar-refractivity contribution is -0.154. The molecule has 0 aliphatic carbocycles. The van der Waals surface area contributed by atoms with Gasteiger partial charge in [0.15, 0.2) is 6.61 Å². The topological polar surface area (TPSA) is 88.5 Å². The maximum absolute atomic E-state index is 12.8. The van der Waals surface area contributed by atoms with Gasteiger partial charge in [0.05, 0.1) is 17.9 Å². The van der Waals surface area contributed by atoms with Crippen molar-refractivity contribution in [3.8, 4) is 5.88 Å². The van der Waals surface area contributed by atoms with E-state index in [0.717, 1.165) is 0 Å². The second-order valence-corrected chi connectivity index (χ2v) is 7.41. The van der Waals surface area contributed by atoms with E-state index >= 15 is 0 Å². The Morgan fingerprint density at radius 1 is 1.38 bits per heavy atom. The van der Waals surface area contributed by atoms with Crippen molar-refractivity contribution in [2.45, 2.75) is 31.6 Å². The van der Waals surface area contributed by atoms with Crippen LogP contribution in [0, 0.1) is 0 Å². The van der Waals surface area contributed by atoms with Crippen LogP contribution < -0.4 is 15.4 Å². The van der Waals surface area contributed by atoms with E-state index in [2.05, 4.69) is 30.3 Å². The summed E-state index contributed by atoms with van der Waals surface area (Å²) >= 11 is 1.42. The van der Waals surface area contributed by atoms with Gasteiger partial charge in [-0.15, -0.1) is 11.3 Å². The molecule has 2 atom stereocenters. The van der Waals surface area contributed by atoms with E-state index in [-0.39, 0.29) is 11.8 Å². The summed E-state index contributed by atoms with van der Waals surface area (Å²) in [6, 6.07) is 2.44. The first-order chi connectivity index (χ1) is 13.7. The SMILES string of the molecule is CC(NC(=O)C1(C)C=NC=C(c2nccs2)N1)c1ccc(OCC(F)(F)F)nc1. The summed E-state index contributed by atoms with van der Waals surface area (Å²) in [6.07, 6.45) is 1.69. The van der Waals surface area contributed by atoms with Crippen LogP contribution in [0.1, 0.15) is 30.5 Å². The number of pyridine rings is 1. The molecular formula is C18H18F3N5O2S. The smallest absolute Gasteiger partial charge is 0.422 e. The summed E-state index contributed by atoms with van der Waals surface area (Å²) in [5, 5.41) is 8.52. The van der Waals surface area contributed by atoms with Gasteiger partial charge in [0.25, 0.3) is 5.91 Å². The van der Waals surface area contributed by atoms with E-state index in [1.165, 1.54) is 29.8 Å². The van der Waals surface area contributed by atoms with Crippen LogP contribution >= 0.6 is 11.3 Å². The molecule has 2 aromatic heterocycles.